The Labute approximate surface area is 98.4 Å². The second-order valence-corrected chi connectivity index (χ2v) is 6.08. The zero-order valence-corrected chi connectivity index (χ0v) is 10.3. The fourth-order valence-corrected chi connectivity index (χ4v) is 3.31. The van der Waals surface area contributed by atoms with Gasteiger partial charge in [-0.1, -0.05) is 29.6 Å². The summed E-state index contributed by atoms with van der Waals surface area (Å²) in [5, 5.41) is 3.55. The molecule has 0 saturated heterocycles. The Balaban J connectivity index is 2.02. The maximum Gasteiger partial charge on any atom is 0.0991 e. The largest absolute Gasteiger partial charge is 0.307 e. The summed E-state index contributed by atoms with van der Waals surface area (Å²) in [4.78, 5) is 0. The van der Waals surface area contributed by atoms with Gasteiger partial charge in [-0.15, -0.1) is 11.3 Å². The highest BCUT2D eigenvalue weighted by Gasteiger charge is 2.21. The lowest BCUT2D eigenvalue weighted by Gasteiger charge is -2.29. The van der Waals surface area contributed by atoms with Crippen LogP contribution in [0.2, 0.25) is 8.67 Å². The highest BCUT2D eigenvalue weighted by Crippen LogP contribution is 2.35. The molecule has 1 nitrogen and oxygen atoms in total. The molecule has 0 spiro atoms. The highest BCUT2D eigenvalue weighted by atomic mass is 35.5. The average Bonchev–Trinajstić information content (AvgIpc) is 2.37. The maximum atomic E-state index is 6.08. The molecule has 0 amide bonds. The van der Waals surface area contributed by atoms with E-state index in [4.69, 9.17) is 23.2 Å². The van der Waals surface area contributed by atoms with Crippen LogP contribution in [-0.4, -0.2) is 6.04 Å². The zero-order valence-electron chi connectivity index (χ0n) is 8.02. The van der Waals surface area contributed by atoms with Gasteiger partial charge in [-0.2, -0.15) is 0 Å². The topological polar surface area (TPSA) is 12.0 Å². The van der Waals surface area contributed by atoms with Gasteiger partial charge >= 0.3 is 0 Å². The molecule has 0 radical (unpaired) electrons. The van der Waals surface area contributed by atoms with E-state index in [0.717, 1.165) is 14.2 Å². The van der Waals surface area contributed by atoms with Crippen molar-refractivity contribution >= 4 is 34.5 Å². The third-order valence-electron chi connectivity index (χ3n) is 2.74. The normalized spacial score (nSPS) is 19.4. The van der Waals surface area contributed by atoms with Crippen molar-refractivity contribution in [1.82, 2.24) is 5.32 Å². The molecule has 4 heteroatoms. The number of halogens is 2. The average molecular weight is 250 g/mol. The van der Waals surface area contributed by atoms with Crippen molar-refractivity contribution in [2.45, 2.75) is 38.3 Å². The van der Waals surface area contributed by atoms with Gasteiger partial charge in [0.2, 0.25) is 0 Å². The first-order valence-corrected chi connectivity index (χ1v) is 6.45. The van der Waals surface area contributed by atoms with Gasteiger partial charge in [0.05, 0.1) is 8.67 Å². The van der Waals surface area contributed by atoms with Crippen LogP contribution in [0.1, 0.15) is 37.8 Å². The molecule has 1 saturated carbocycles. The molecule has 2 rings (SSSR count). The van der Waals surface area contributed by atoms with Crippen LogP contribution in [0.4, 0.5) is 0 Å². The predicted molar refractivity (Wildman–Crippen MR) is 63.5 cm³/mol. The molecule has 0 aliphatic heterocycles. The van der Waals surface area contributed by atoms with E-state index in [-0.39, 0.29) is 0 Å². The number of rotatable bonds is 3. The molecule has 78 valence electrons. The van der Waals surface area contributed by atoms with E-state index in [0.29, 0.717) is 12.1 Å². The van der Waals surface area contributed by atoms with Gasteiger partial charge in [0, 0.05) is 12.1 Å². The summed E-state index contributed by atoms with van der Waals surface area (Å²) in [6.07, 6.45) is 3.93. The molecule has 0 aromatic carbocycles. The first-order chi connectivity index (χ1) is 6.66. The van der Waals surface area contributed by atoms with Crippen LogP contribution in [0.15, 0.2) is 6.07 Å². The lowest BCUT2D eigenvalue weighted by Crippen LogP contribution is -2.36. The summed E-state index contributed by atoms with van der Waals surface area (Å²) in [6.45, 7) is 2.14. The number of thiophene rings is 1. The van der Waals surface area contributed by atoms with Gasteiger partial charge in [0.25, 0.3) is 0 Å². The summed E-state index contributed by atoms with van der Waals surface area (Å²) < 4.78 is 1.58. The number of hydrogen-bond donors (Lipinski definition) is 1. The van der Waals surface area contributed by atoms with E-state index in [1.807, 2.05) is 6.07 Å². The lowest BCUT2D eigenvalue weighted by molar-refractivity contribution is 0.313. The summed E-state index contributed by atoms with van der Waals surface area (Å²) in [5.41, 5.74) is 1.13. The number of nitrogens with one attached hydrogen (secondary N) is 1. The van der Waals surface area contributed by atoms with E-state index >= 15 is 0 Å². The van der Waals surface area contributed by atoms with Gasteiger partial charge in [0.1, 0.15) is 0 Å². The summed E-state index contributed by atoms with van der Waals surface area (Å²) in [6, 6.07) is 2.96. The van der Waals surface area contributed by atoms with Gasteiger partial charge < -0.3 is 5.32 Å². The van der Waals surface area contributed by atoms with Crippen LogP contribution in [0.3, 0.4) is 0 Å². The van der Waals surface area contributed by atoms with Crippen molar-refractivity contribution in [3.05, 3.63) is 20.3 Å². The third kappa shape index (κ3) is 2.25. The van der Waals surface area contributed by atoms with E-state index < -0.39 is 0 Å². The smallest absolute Gasteiger partial charge is 0.0991 e. The lowest BCUT2D eigenvalue weighted by atomic mass is 9.92. The molecule has 14 heavy (non-hydrogen) atoms. The van der Waals surface area contributed by atoms with Crippen LogP contribution in [0.25, 0.3) is 0 Å². The van der Waals surface area contributed by atoms with Gasteiger partial charge in [-0.05, 0) is 31.4 Å². The molecule has 1 aromatic heterocycles. The standard InChI is InChI=1S/C10H13Cl2NS/c1-6(13-7-3-2-4-7)8-5-9(11)14-10(8)12/h5-7,13H,2-4H2,1H3. The summed E-state index contributed by atoms with van der Waals surface area (Å²) >= 11 is 13.4. The van der Waals surface area contributed by atoms with Crippen molar-refractivity contribution in [2.24, 2.45) is 0 Å². The fourth-order valence-electron chi connectivity index (χ4n) is 1.67. The van der Waals surface area contributed by atoms with Gasteiger partial charge in [0.15, 0.2) is 0 Å². The molecule has 1 atom stereocenters. The Hall–Kier alpha value is 0.240. The Morgan fingerprint density at radius 2 is 2.21 bits per heavy atom. The van der Waals surface area contributed by atoms with Crippen molar-refractivity contribution in [3.63, 3.8) is 0 Å². The second-order valence-electron chi connectivity index (χ2n) is 3.80. The molecule has 1 aromatic rings. The van der Waals surface area contributed by atoms with Crippen LogP contribution >= 0.6 is 34.5 Å². The Morgan fingerprint density at radius 3 is 2.64 bits per heavy atom. The van der Waals surface area contributed by atoms with Crippen molar-refractivity contribution in [1.29, 1.82) is 0 Å². The first-order valence-electron chi connectivity index (χ1n) is 4.87. The molecule has 1 fully saturated rings. The van der Waals surface area contributed by atoms with Crippen LogP contribution in [-0.2, 0) is 0 Å². The van der Waals surface area contributed by atoms with E-state index in [9.17, 15) is 0 Å². The molecule has 1 aliphatic carbocycles. The molecule has 1 unspecified atom stereocenters. The van der Waals surface area contributed by atoms with Crippen LogP contribution < -0.4 is 5.32 Å². The van der Waals surface area contributed by atoms with Crippen molar-refractivity contribution < 1.29 is 0 Å². The Bertz CT molecular complexity index is 320. The maximum absolute atomic E-state index is 6.08. The molecule has 1 heterocycles. The van der Waals surface area contributed by atoms with E-state index in [1.54, 1.807) is 0 Å². The molecular formula is C10H13Cl2NS. The Kier molecular flexibility index (Phi) is 3.38. The molecule has 1 aliphatic rings. The molecule has 0 bridgehead atoms. The zero-order chi connectivity index (χ0) is 10.1. The van der Waals surface area contributed by atoms with Gasteiger partial charge in [-0.3, -0.25) is 0 Å². The predicted octanol–water partition coefficient (Wildman–Crippen LogP) is 4.26. The van der Waals surface area contributed by atoms with E-state index in [1.165, 1.54) is 30.6 Å². The quantitative estimate of drug-likeness (QED) is 0.845. The summed E-state index contributed by atoms with van der Waals surface area (Å²) in [7, 11) is 0. The fraction of sp³-hybridized carbons (Fsp3) is 0.600. The SMILES string of the molecule is CC(NC1CCC1)c1cc(Cl)sc1Cl. The summed E-state index contributed by atoms with van der Waals surface area (Å²) in [5.74, 6) is 0. The molecular weight excluding hydrogens is 237 g/mol. The third-order valence-corrected chi connectivity index (χ3v) is 4.26. The second kappa shape index (κ2) is 4.40. The number of hydrogen-bond acceptors (Lipinski definition) is 2. The van der Waals surface area contributed by atoms with Crippen LogP contribution in [0.5, 0.6) is 0 Å². The van der Waals surface area contributed by atoms with Crippen molar-refractivity contribution in [2.75, 3.05) is 0 Å². The minimum Gasteiger partial charge on any atom is -0.307 e. The minimum atomic E-state index is 0.316. The highest BCUT2D eigenvalue weighted by molar-refractivity contribution is 7.20. The van der Waals surface area contributed by atoms with E-state index in [2.05, 4.69) is 12.2 Å². The molecule has 1 N–H and O–H groups in total. The first kappa shape index (κ1) is 10.7. The van der Waals surface area contributed by atoms with Crippen molar-refractivity contribution in [3.8, 4) is 0 Å². The Morgan fingerprint density at radius 1 is 1.50 bits per heavy atom. The van der Waals surface area contributed by atoms with Gasteiger partial charge in [-0.25, -0.2) is 0 Å². The van der Waals surface area contributed by atoms with Crippen LogP contribution in [0, 0.1) is 0 Å². The minimum absolute atomic E-state index is 0.316. The monoisotopic (exact) mass is 249 g/mol.